The Hall–Kier alpha value is -2.63. The van der Waals surface area contributed by atoms with Crippen molar-refractivity contribution in [2.75, 3.05) is 0 Å². The molecule has 0 saturated carbocycles. The van der Waals surface area contributed by atoms with Crippen LogP contribution in [0.1, 0.15) is 73.7 Å². The fourth-order valence-corrected chi connectivity index (χ4v) is 2.67. The van der Waals surface area contributed by atoms with Gasteiger partial charge in [-0.3, -0.25) is 4.79 Å². The van der Waals surface area contributed by atoms with Crippen molar-refractivity contribution in [1.82, 2.24) is 15.1 Å². The minimum absolute atomic E-state index is 0.141. The molecule has 1 amide bonds. The van der Waals surface area contributed by atoms with E-state index in [1.165, 1.54) is 29.4 Å². The SMILES string of the molecule is CCC(NC(=O)c1ccnn1C(C)C(=O)O)c1ccc(C(C)C)cc1. The van der Waals surface area contributed by atoms with Gasteiger partial charge in [-0.1, -0.05) is 45.0 Å². The molecular formula is C19H25N3O3. The zero-order valence-electron chi connectivity index (χ0n) is 15.1. The fourth-order valence-electron chi connectivity index (χ4n) is 2.67. The first kappa shape index (κ1) is 18.7. The van der Waals surface area contributed by atoms with Gasteiger partial charge >= 0.3 is 5.97 Å². The first-order valence-corrected chi connectivity index (χ1v) is 8.52. The maximum Gasteiger partial charge on any atom is 0.328 e. The van der Waals surface area contributed by atoms with Crippen LogP contribution in [0, 0.1) is 0 Å². The smallest absolute Gasteiger partial charge is 0.328 e. The van der Waals surface area contributed by atoms with E-state index >= 15 is 0 Å². The molecule has 0 radical (unpaired) electrons. The Morgan fingerprint density at radius 1 is 1.12 bits per heavy atom. The number of aromatic nitrogens is 2. The van der Waals surface area contributed by atoms with Crippen molar-refractivity contribution in [3.63, 3.8) is 0 Å². The number of carbonyl (C=O) groups is 2. The number of nitrogens with zero attached hydrogens (tertiary/aromatic N) is 2. The van der Waals surface area contributed by atoms with E-state index in [9.17, 15) is 9.59 Å². The van der Waals surface area contributed by atoms with Crippen LogP contribution in [-0.2, 0) is 4.79 Å². The summed E-state index contributed by atoms with van der Waals surface area (Å²) >= 11 is 0. The molecule has 25 heavy (non-hydrogen) atoms. The van der Waals surface area contributed by atoms with E-state index in [2.05, 4.69) is 36.4 Å². The zero-order chi connectivity index (χ0) is 18.6. The molecule has 2 N–H and O–H groups in total. The molecule has 1 heterocycles. The third-order valence-corrected chi connectivity index (χ3v) is 4.35. The highest BCUT2D eigenvalue weighted by molar-refractivity contribution is 5.93. The molecule has 0 saturated heterocycles. The van der Waals surface area contributed by atoms with Crippen LogP contribution >= 0.6 is 0 Å². The lowest BCUT2D eigenvalue weighted by Gasteiger charge is -2.19. The number of nitrogens with one attached hydrogen (secondary N) is 1. The van der Waals surface area contributed by atoms with E-state index in [1.54, 1.807) is 0 Å². The Balaban J connectivity index is 2.18. The topological polar surface area (TPSA) is 84.2 Å². The van der Waals surface area contributed by atoms with E-state index in [0.29, 0.717) is 5.92 Å². The molecule has 2 rings (SSSR count). The van der Waals surface area contributed by atoms with Crippen LogP contribution in [0.25, 0.3) is 0 Å². The molecule has 6 heteroatoms. The fraction of sp³-hybridized carbons (Fsp3) is 0.421. The van der Waals surface area contributed by atoms with Gasteiger partial charge in [0, 0.05) is 6.20 Å². The van der Waals surface area contributed by atoms with Gasteiger partial charge in [-0.15, -0.1) is 0 Å². The van der Waals surface area contributed by atoms with Crippen LogP contribution in [-0.4, -0.2) is 26.8 Å². The average Bonchev–Trinajstić information content (AvgIpc) is 3.08. The van der Waals surface area contributed by atoms with E-state index in [1.807, 2.05) is 19.1 Å². The lowest BCUT2D eigenvalue weighted by molar-refractivity contribution is -0.140. The number of hydrogen-bond donors (Lipinski definition) is 2. The largest absolute Gasteiger partial charge is 0.480 e. The van der Waals surface area contributed by atoms with Crippen LogP contribution in [0.3, 0.4) is 0 Å². The third kappa shape index (κ3) is 4.26. The van der Waals surface area contributed by atoms with Gasteiger partial charge in [0.15, 0.2) is 0 Å². The molecule has 0 fully saturated rings. The number of rotatable bonds is 7. The van der Waals surface area contributed by atoms with Crippen LogP contribution in [0.4, 0.5) is 0 Å². The van der Waals surface area contributed by atoms with Gasteiger partial charge in [-0.25, -0.2) is 9.48 Å². The monoisotopic (exact) mass is 343 g/mol. The Kier molecular flexibility index (Phi) is 5.96. The van der Waals surface area contributed by atoms with Crippen LogP contribution < -0.4 is 5.32 Å². The maximum absolute atomic E-state index is 12.6. The summed E-state index contributed by atoms with van der Waals surface area (Å²) in [6.07, 6.45) is 2.17. The summed E-state index contributed by atoms with van der Waals surface area (Å²) in [5, 5.41) is 16.1. The number of benzene rings is 1. The molecule has 0 aliphatic carbocycles. The summed E-state index contributed by atoms with van der Waals surface area (Å²) in [6.45, 7) is 7.77. The molecule has 0 spiro atoms. The standard InChI is InChI=1S/C19H25N3O3/c1-5-16(15-8-6-14(7-9-15)12(2)3)21-18(23)17-10-11-20-22(17)13(4)19(24)25/h6-13,16H,5H2,1-4H3,(H,21,23)(H,24,25). The molecule has 2 unspecified atom stereocenters. The highest BCUT2D eigenvalue weighted by Crippen LogP contribution is 2.21. The zero-order valence-corrected chi connectivity index (χ0v) is 15.1. The minimum Gasteiger partial charge on any atom is -0.480 e. The van der Waals surface area contributed by atoms with Gasteiger partial charge in [0.05, 0.1) is 6.04 Å². The highest BCUT2D eigenvalue weighted by Gasteiger charge is 2.22. The first-order valence-electron chi connectivity index (χ1n) is 8.52. The second-order valence-corrected chi connectivity index (χ2v) is 6.43. The van der Waals surface area contributed by atoms with Gasteiger partial charge in [-0.05, 0) is 36.5 Å². The molecule has 2 aromatic rings. The van der Waals surface area contributed by atoms with E-state index < -0.39 is 12.0 Å². The van der Waals surface area contributed by atoms with Crippen molar-refractivity contribution >= 4 is 11.9 Å². The highest BCUT2D eigenvalue weighted by atomic mass is 16.4. The predicted octanol–water partition coefficient (Wildman–Crippen LogP) is 3.53. The van der Waals surface area contributed by atoms with Crippen molar-refractivity contribution in [2.24, 2.45) is 0 Å². The molecular weight excluding hydrogens is 318 g/mol. The molecule has 0 aliphatic rings. The summed E-state index contributed by atoms with van der Waals surface area (Å²) in [4.78, 5) is 23.8. The van der Waals surface area contributed by atoms with Crippen molar-refractivity contribution in [3.8, 4) is 0 Å². The van der Waals surface area contributed by atoms with Crippen molar-refractivity contribution in [1.29, 1.82) is 0 Å². The molecule has 2 atom stereocenters. The summed E-state index contributed by atoms with van der Waals surface area (Å²) in [5.74, 6) is -0.907. The summed E-state index contributed by atoms with van der Waals surface area (Å²) in [5.41, 5.74) is 2.52. The third-order valence-electron chi connectivity index (χ3n) is 4.35. The Morgan fingerprint density at radius 3 is 2.24 bits per heavy atom. The summed E-state index contributed by atoms with van der Waals surface area (Å²) in [7, 11) is 0. The van der Waals surface area contributed by atoms with Crippen LogP contribution in [0.5, 0.6) is 0 Å². The molecule has 0 aliphatic heterocycles. The maximum atomic E-state index is 12.6. The Morgan fingerprint density at radius 2 is 1.72 bits per heavy atom. The van der Waals surface area contributed by atoms with Gasteiger partial charge in [-0.2, -0.15) is 5.10 Å². The summed E-state index contributed by atoms with van der Waals surface area (Å²) < 4.78 is 1.23. The van der Waals surface area contributed by atoms with Gasteiger partial charge < -0.3 is 10.4 Å². The quantitative estimate of drug-likeness (QED) is 0.805. The molecule has 6 nitrogen and oxygen atoms in total. The molecule has 134 valence electrons. The normalized spacial score (nSPS) is 13.5. The predicted molar refractivity (Wildman–Crippen MR) is 95.6 cm³/mol. The second kappa shape index (κ2) is 7.96. The molecule has 1 aromatic heterocycles. The number of carboxylic acids is 1. The van der Waals surface area contributed by atoms with E-state index in [4.69, 9.17) is 5.11 Å². The minimum atomic E-state index is -1.03. The average molecular weight is 343 g/mol. The van der Waals surface area contributed by atoms with Crippen LogP contribution in [0.2, 0.25) is 0 Å². The first-order chi connectivity index (χ1) is 11.8. The van der Waals surface area contributed by atoms with Crippen LogP contribution in [0.15, 0.2) is 36.5 Å². The van der Waals surface area contributed by atoms with Crippen molar-refractivity contribution in [2.45, 2.75) is 52.1 Å². The van der Waals surface area contributed by atoms with Gasteiger partial charge in [0.25, 0.3) is 5.91 Å². The second-order valence-electron chi connectivity index (χ2n) is 6.43. The Labute approximate surface area is 147 Å². The number of hydrogen-bond acceptors (Lipinski definition) is 3. The number of carbonyl (C=O) groups excluding carboxylic acids is 1. The molecule has 1 aromatic carbocycles. The summed E-state index contributed by atoms with van der Waals surface area (Å²) in [6, 6.07) is 8.70. The number of amides is 1. The van der Waals surface area contributed by atoms with Crippen molar-refractivity contribution in [3.05, 3.63) is 53.3 Å². The van der Waals surface area contributed by atoms with Gasteiger partial charge in [0.1, 0.15) is 11.7 Å². The van der Waals surface area contributed by atoms with E-state index in [0.717, 1.165) is 12.0 Å². The van der Waals surface area contributed by atoms with Gasteiger partial charge in [0.2, 0.25) is 0 Å². The number of carboxylic acid groups (broad SMARTS) is 1. The molecule has 0 bridgehead atoms. The Bertz CT molecular complexity index is 735. The lowest BCUT2D eigenvalue weighted by Crippen LogP contribution is -2.31. The lowest BCUT2D eigenvalue weighted by atomic mass is 9.98. The number of aliphatic carboxylic acids is 1. The van der Waals surface area contributed by atoms with E-state index in [-0.39, 0.29) is 17.6 Å². The van der Waals surface area contributed by atoms with Crippen molar-refractivity contribution < 1.29 is 14.7 Å².